The number of sulfonamides is 2. The first-order valence-corrected chi connectivity index (χ1v) is 12.5. The Morgan fingerprint density at radius 1 is 1.14 bits per heavy atom. The van der Waals surface area contributed by atoms with Crippen LogP contribution in [-0.4, -0.2) is 29.1 Å². The Kier molecular flexibility index (Phi) is 5.93. The van der Waals surface area contributed by atoms with E-state index in [2.05, 4.69) is 4.72 Å². The van der Waals surface area contributed by atoms with Crippen LogP contribution in [0.15, 0.2) is 41.3 Å². The zero-order valence-electron chi connectivity index (χ0n) is 15.8. The van der Waals surface area contributed by atoms with E-state index < -0.39 is 20.0 Å². The van der Waals surface area contributed by atoms with Crippen LogP contribution in [0.1, 0.15) is 30.9 Å². The molecule has 152 valence electrons. The third-order valence-electron chi connectivity index (χ3n) is 4.71. The largest absolute Gasteiger partial charge is 0.280 e. The van der Waals surface area contributed by atoms with E-state index in [1.54, 1.807) is 37.3 Å². The van der Waals surface area contributed by atoms with E-state index in [4.69, 9.17) is 11.6 Å². The molecule has 0 atom stereocenters. The highest BCUT2D eigenvalue weighted by molar-refractivity contribution is 7.93. The van der Waals surface area contributed by atoms with Crippen molar-refractivity contribution in [1.29, 1.82) is 0 Å². The predicted molar refractivity (Wildman–Crippen MR) is 113 cm³/mol. The van der Waals surface area contributed by atoms with Crippen LogP contribution in [0.5, 0.6) is 0 Å². The molecule has 6 nitrogen and oxygen atoms in total. The van der Waals surface area contributed by atoms with Gasteiger partial charge in [-0.15, -0.1) is 0 Å². The van der Waals surface area contributed by atoms with Crippen molar-refractivity contribution in [3.63, 3.8) is 0 Å². The van der Waals surface area contributed by atoms with E-state index in [9.17, 15) is 16.8 Å². The maximum absolute atomic E-state index is 12.8. The summed E-state index contributed by atoms with van der Waals surface area (Å²) in [5.74, 6) is 0.0921. The Bertz CT molecular complexity index is 1100. The Hall–Kier alpha value is -1.77. The van der Waals surface area contributed by atoms with Crippen LogP contribution in [-0.2, 0) is 26.5 Å². The van der Waals surface area contributed by atoms with Crippen LogP contribution < -0.4 is 9.03 Å². The van der Waals surface area contributed by atoms with Gasteiger partial charge in [-0.1, -0.05) is 24.6 Å². The summed E-state index contributed by atoms with van der Waals surface area (Å²) in [7, 11) is -7.18. The van der Waals surface area contributed by atoms with Gasteiger partial charge >= 0.3 is 0 Å². The molecule has 0 radical (unpaired) electrons. The van der Waals surface area contributed by atoms with E-state index in [0.29, 0.717) is 47.8 Å². The third-order valence-corrected chi connectivity index (χ3v) is 8.62. The van der Waals surface area contributed by atoms with Crippen molar-refractivity contribution in [2.24, 2.45) is 0 Å². The second kappa shape index (κ2) is 7.93. The lowest BCUT2D eigenvalue weighted by molar-refractivity contribution is 0.585. The molecule has 1 aliphatic rings. The van der Waals surface area contributed by atoms with E-state index in [0.717, 1.165) is 5.56 Å². The molecule has 0 saturated carbocycles. The van der Waals surface area contributed by atoms with Crippen molar-refractivity contribution < 1.29 is 16.8 Å². The summed E-state index contributed by atoms with van der Waals surface area (Å²) in [6.45, 7) is 3.93. The van der Waals surface area contributed by atoms with E-state index in [-0.39, 0.29) is 10.6 Å². The summed E-state index contributed by atoms with van der Waals surface area (Å²) in [6, 6.07) is 9.70. The molecule has 0 fully saturated rings. The highest BCUT2D eigenvalue weighted by Crippen LogP contribution is 2.33. The normalized spacial score (nSPS) is 14.6. The lowest BCUT2D eigenvalue weighted by Gasteiger charge is -2.30. The number of benzene rings is 2. The fraction of sp³-hybridized carbons (Fsp3) is 0.368. The molecule has 2 aromatic rings. The third kappa shape index (κ3) is 4.14. The van der Waals surface area contributed by atoms with Gasteiger partial charge in [0.25, 0.3) is 10.0 Å². The number of nitrogens with zero attached hydrogens (tertiary/aromatic N) is 1. The van der Waals surface area contributed by atoms with Gasteiger partial charge in [0.05, 0.1) is 16.3 Å². The molecule has 28 heavy (non-hydrogen) atoms. The smallest absolute Gasteiger partial charge is 0.262 e. The Balaban J connectivity index is 1.93. The van der Waals surface area contributed by atoms with Crippen LogP contribution in [0.3, 0.4) is 0 Å². The van der Waals surface area contributed by atoms with Gasteiger partial charge < -0.3 is 0 Å². The van der Waals surface area contributed by atoms with E-state index in [1.807, 2.05) is 6.92 Å². The number of hydrogen-bond acceptors (Lipinski definition) is 4. The molecule has 1 N–H and O–H groups in total. The molecule has 0 amide bonds. The number of anilines is 2. The molecule has 0 aromatic heterocycles. The summed E-state index contributed by atoms with van der Waals surface area (Å²) >= 11 is 6.05. The SMILES string of the molecule is CCCS(=O)(=O)N1CCCc2cc(NS(=O)(=O)c3cccc(Cl)c3C)ccc21. The van der Waals surface area contributed by atoms with E-state index >= 15 is 0 Å². The van der Waals surface area contributed by atoms with Crippen molar-refractivity contribution >= 4 is 43.0 Å². The van der Waals surface area contributed by atoms with Crippen molar-refractivity contribution in [3.05, 3.63) is 52.5 Å². The van der Waals surface area contributed by atoms with Crippen LogP contribution in [0.2, 0.25) is 5.02 Å². The van der Waals surface area contributed by atoms with Crippen LogP contribution in [0.25, 0.3) is 0 Å². The number of aryl methyl sites for hydroxylation is 1. The first-order valence-electron chi connectivity index (χ1n) is 9.07. The molecule has 0 aliphatic carbocycles. The first kappa shape index (κ1) is 21.0. The number of fused-ring (bicyclic) bond motifs is 1. The molecule has 3 rings (SSSR count). The molecule has 1 aliphatic heterocycles. The molecule has 0 bridgehead atoms. The van der Waals surface area contributed by atoms with Gasteiger partial charge in [-0.2, -0.15) is 0 Å². The topological polar surface area (TPSA) is 83.6 Å². The lowest BCUT2D eigenvalue weighted by atomic mass is 10.0. The number of rotatable bonds is 6. The fourth-order valence-corrected chi connectivity index (χ4v) is 6.54. The Labute approximate surface area is 171 Å². The lowest BCUT2D eigenvalue weighted by Crippen LogP contribution is -2.37. The van der Waals surface area contributed by atoms with Gasteiger partial charge in [0, 0.05) is 17.3 Å². The number of nitrogens with one attached hydrogen (secondary N) is 1. The maximum Gasteiger partial charge on any atom is 0.262 e. The zero-order valence-corrected chi connectivity index (χ0v) is 18.2. The average molecular weight is 443 g/mol. The maximum atomic E-state index is 12.8. The van der Waals surface area contributed by atoms with Gasteiger partial charge in [-0.05, 0) is 67.6 Å². The summed E-state index contributed by atoms with van der Waals surface area (Å²) in [4.78, 5) is 0.116. The second-order valence-corrected chi connectivity index (χ2v) is 10.9. The van der Waals surface area contributed by atoms with Crippen LogP contribution in [0.4, 0.5) is 11.4 Å². The highest BCUT2D eigenvalue weighted by atomic mass is 35.5. The summed E-state index contributed by atoms with van der Waals surface area (Å²) in [5, 5.41) is 0.380. The quantitative estimate of drug-likeness (QED) is 0.734. The van der Waals surface area contributed by atoms with Gasteiger partial charge in [0.2, 0.25) is 10.0 Å². The molecule has 1 heterocycles. The molecule has 9 heteroatoms. The summed E-state index contributed by atoms with van der Waals surface area (Å²) in [5.41, 5.74) is 2.31. The van der Waals surface area contributed by atoms with Crippen molar-refractivity contribution in [1.82, 2.24) is 0 Å². The second-order valence-electron chi connectivity index (χ2n) is 6.80. The Morgan fingerprint density at radius 2 is 1.89 bits per heavy atom. The minimum atomic E-state index is -3.81. The van der Waals surface area contributed by atoms with Gasteiger partial charge in [-0.3, -0.25) is 9.03 Å². The molecular formula is C19H23ClN2O4S2. The number of halogens is 1. The molecule has 0 unspecified atom stereocenters. The zero-order chi connectivity index (χ0) is 20.5. The van der Waals surface area contributed by atoms with Gasteiger partial charge in [0.1, 0.15) is 0 Å². The standard InChI is InChI=1S/C19H23ClN2O4S2/c1-3-12-27(23,24)22-11-5-6-15-13-16(9-10-18(15)22)21-28(25,26)19-8-4-7-17(20)14(19)2/h4,7-10,13,21H,3,5-6,11-12H2,1-2H3. The van der Waals surface area contributed by atoms with E-state index in [1.165, 1.54) is 10.4 Å². The minimum absolute atomic E-state index is 0.0921. The first-order chi connectivity index (χ1) is 13.2. The molecule has 0 saturated heterocycles. The predicted octanol–water partition coefficient (Wildman–Crippen LogP) is 3.94. The van der Waals surface area contributed by atoms with Crippen molar-refractivity contribution in [2.45, 2.75) is 38.0 Å². The summed E-state index contributed by atoms with van der Waals surface area (Å²) in [6.07, 6.45) is 1.93. The van der Waals surface area contributed by atoms with Gasteiger partial charge in [-0.25, -0.2) is 16.8 Å². The van der Waals surface area contributed by atoms with Crippen LogP contribution >= 0.6 is 11.6 Å². The molecule has 0 spiro atoms. The molecular weight excluding hydrogens is 420 g/mol. The monoisotopic (exact) mass is 442 g/mol. The average Bonchev–Trinajstić information content (AvgIpc) is 2.62. The Morgan fingerprint density at radius 3 is 2.61 bits per heavy atom. The van der Waals surface area contributed by atoms with Gasteiger partial charge in [0.15, 0.2) is 0 Å². The fourth-order valence-electron chi connectivity index (χ4n) is 3.37. The highest BCUT2D eigenvalue weighted by Gasteiger charge is 2.27. The number of hydrogen-bond donors (Lipinski definition) is 1. The van der Waals surface area contributed by atoms with Crippen molar-refractivity contribution in [3.8, 4) is 0 Å². The summed E-state index contributed by atoms with van der Waals surface area (Å²) < 4.78 is 54.6. The van der Waals surface area contributed by atoms with Crippen molar-refractivity contribution in [2.75, 3.05) is 21.3 Å². The minimum Gasteiger partial charge on any atom is -0.280 e. The molecule has 2 aromatic carbocycles. The van der Waals surface area contributed by atoms with Crippen LogP contribution in [0, 0.1) is 6.92 Å².